The van der Waals surface area contributed by atoms with Crippen LogP contribution in [0.5, 0.6) is 0 Å². The number of ether oxygens (including phenoxy) is 2. The van der Waals surface area contributed by atoms with E-state index in [0.29, 0.717) is 13.0 Å². The van der Waals surface area contributed by atoms with Crippen molar-refractivity contribution >= 4 is 0 Å². The second-order valence-electron chi connectivity index (χ2n) is 7.41. The third-order valence-corrected chi connectivity index (χ3v) is 6.14. The molecule has 0 aromatic carbocycles. The Bertz CT molecular complexity index is 377. The number of nitrogens with zero attached hydrogens (tertiary/aromatic N) is 1. The maximum atomic E-state index is 13.0. The molecule has 5 unspecified atom stereocenters. The van der Waals surface area contributed by atoms with Crippen molar-refractivity contribution in [2.75, 3.05) is 6.61 Å². The van der Waals surface area contributed by atoms with Crippen molar-refractivity contribution in [3.05, 3.63) is 0 Å². The summed E-state index contributed by atoms with van der Waals surface area (Å²) in [5, 5.41) is 14.3. The highest BCUT2D eigenvalue weighted by Gasteiger charge is 2.63. The van der Waals surface area contributed by atoms with Gasteiger partial charge in [-0.05, 0) is 33.1 Å². The molecule has 0 N–H and O–H groups in total. The Balaban J connectivity index is 2.34. The molecule has 1 spiro atoms. The number of rotatable bonds is 4. The van der Waals surface area contributed by atoms with Gasteiger partial charge >= 0.3 is 0 Å². The van der Waals surface area contributed by atoms with Crippen molar-refractivity contribution in [3.63, 3.8) is 0 Å². The molecule has 0 amide bonds. The van der Waals surface area contributed by atoms with Crippen molar-refractivity contribution in [1.82, 2.24) is 5.06 Å². The lowest BCUT2D eigenvalue weighted by molar-refractivity contribution is -0.374. The fraction of sp³-hybridized carbons (Fsp3) is 1.00. The smallest absolute Gasteiger partial charge is 0.175 e. The average Bonchev–Trinajstić information content (AvgIpc) is 2.87. The van der Waals surface area contributed by atoms with E-state index in [1.807, 2.05) is 0 Å². The molecule has 123 valence electrons. The van der Waals surface area contributed by atoms with E-state index in [1.165, 1.54) is 5.06 Å². The van der Waals surface area contributed by atoms with E-state index in [0.717, 1.165) is 25.7 Å². The molecule has 0 saturated carbocycles. The molecule has 2 rings (SSSR count). The van der Waals surface area contributed by atoms with Gasteiger partial charge < -0.3 is 9.47 Å². The lowest BCUT2D eigenvalue weighted by Crippen LogP contribution is -2.70. The molecule has 2 fully saturated rings. The summed E-state index contributed by atoms with van der Waals surface area (Å²) >= 11 is 0. The zero-order chi connectivity index (χ0) is 15.9. The number of hydrogen-bond acceptors (Lipinski definition) is 3. The Hall–Kier alpha value is -0.160. The molecular formula is C17H32NO3. The average molecular weight is 298 g/mol. The normalized spacial score (nSPS) is 48.1. The summed E-state index contributed by atoms with van der Waals surface area (Å²) in [4.78, 5) is 0. The van der Waals surface area contributed by atoms with Gasteiger partial charge in [-0.1, -0.05) is 34.1 Å². The Kier molecular flexibility index (Phi) is 4.75. The van der Waals surface area contributed by atoms with E-state index in [4.69, 9.17) is 9.47 Å². The Labute approximate surface area is 129 Å². The van der Waals surface area contributed by atoms with Gasteiger partial charge in [0.05, 0.1) is 23.8 Å². The van der Waals surface area contributed by atoms with Crippen LogP contribution in [0.2, 0.25) is 0 Å². The van der Waals surface area contributed by atoms with Gasteiger partial charge in [0.15, 0.2) is 5.79 Å². The fourth-order valence-corrected chi connectivity index (χ4v) is 4.11. The van der Waals surface area contributed by atoms with Crippen LogP contribution < -0.4 is 0 Å². The van der Waals surface area contributed by atoms with Crippen molar-refractivity contribution in [3.8, 4) is 0 Å². The highest BCUT2D eigenvalue weighted by molar-refractivity contribution is 5.08. The first-order valence-electron chi connectivity index (χ1n) is 8.57. The number of hydroxylamine groups is 2. The maximum absolute atomic E-state index is 13.0. The lowest BCUT2D eigenvalue weighted by Gasteiger charge is -2.59. The van der Waals surface area contributed by atoms with Crippen molar-refractivity contribution in [2.24, 2.45) is 5.92 Å². The Morgan fingerprint density at radius 2 is 1.86 bits per heavy atom. The van der Waals surface area contributed by atoms with Gasteiger partial charge in [0.25, 0.3) is 0 Å². The molecule has 0 bridgehead atoms. The second kappa shape index (κ2) is 5.80. The number of piperidine rings is 1. The molecular weight excluding hydrogens is 266 g/mol. The van der Waals surface area contributed by atoms with Crippen molar-refractivity contribution in [2.45, 2.75) is 96.6 Å². The van der Waals surface area contributed by atoms with Gasteiger partial charge in [-0.15, -0.1) is 10.3 Å². The van der Waals surface area contributed by atoms with Crippen LogP contribution in [0.1, 0.15) is 73.6 Å². The predicted molar refractivity (Wildman–Crippen MR) is 82.2 cm³/mol. The highest BCUT2D eigenvalue weighted by Crippen LogP contribution is 2.53. The third-order valence-electron chi connectivity index (χ3n) is 6.14. The standard InChI is InChI=1S/C17H32NO3/c1-7-10-14-11-20-17(21-14)12-15(5,8-2)18(19)16(6,9-3)13(17)4/h13-14H,7-12H2,1-6H3. The van der Waals surface area contributed by atoms with Gasteiger partial charge in [0, 0.05) is 12.3 Å². The number of hydrogen-bond donors (Lipinski definition) is 0. The molecule has 0 aliphatic carbocycles. The van der Waals surface area contributed by atoms with E-state index in [9.17, 15) is 5.21 Å². The van der Waals surface area contributed by atoms with E-state index in [1.54, 1.807) is 0 Å². The molecule has 2 aliphatic rings. The molecule has 0 aromatic heterocycles. The molecule has 0 aromatic rings. The van der Waals surface area contributed by atoms with Gasteiger partial charge in [0.2, 0.25) is 0 Å². The minimum absolute atomic E-state index is 0.0639. The minimum Gasteiger partial charge on any atom is -0.347 e. The van der Waals surface area contributed by atoms with Gasteiger partial charge in [-0.25, -0.2) is 0 Å². The molecule has 4 nitrogen and oxygen atoms in total. The van der Waals surface area contributed by atoms with Gasteiger partial charge in [-0.3, -0.25) is 0 Å². The second-order valence-corrected chi connectivity index (χ2v) is 7.41. The SMILES string of the molecule is CCCC1COC2(CC(C)(CC)N([O])C(C)(CC)C2C)O1. The van der Waals surface area contributed by atoms with Crippen LogP contribution in [0.25, 0.3) is 0 Å². The molecule has 2 aliphatic heterocycles. The van der Waals surface area contributed by atoms with Crippen LogP contribution in [-0.4, -0.2) is 34.6 Å². The largest absolute Gasteiger partial charge is 0.347 e. The first-order valence-corrected chi connectivity index (χ1v) is 8.57. The lowest BCUT2D eigenvalue weighted by atomic mass is 9.67. The van der Waals surface area contributed by atoms with Crippen molar-refractivity contribution < 1.29 is 14.7 Å². The minimum atomic E-state index is -0.587. The molecule has 5 atom stereocenters. The third kappa shape index (κ3) is 2.54. The zero-order valence-corrected chi connectivity index (χ0v) is 14.6. The van der Waals surface area contributed by atoms with Crippen LogP contribution in [-0.2, 0) is 14.7 Å². The highest BCUT2D eigenvalue weighted by atomic mass is 16.7. The van der Waals surface area contributed by atoms with E-state index >= 15 is 0 Å². The first-order chi connectivity index (χ1) is 9.78. The Morgan fingerprint density at radius 3 is 2.38 bits per heavy atom. The van der Waals surface area contributed by atoms with E-state index in [2.05, 4.69) is 41.5 Å². The van der Waals surface area contributed by atoms with Crippen LogP contribution in [0.3, 0.4) is 0 Å². The van der Waals surface area contributed by atoms with Crippen LogP contribution in [0.15, 0.2) is 0 Å². The van der Waals surface area contributed by atoms with Gasteiger partial charge in [-0.2, -0.15) is 0 Å². The maximum Gasteiger partial charge on any atom is 0.175 e. The molecule has 1 radical (unpaired) electrons. The monoisotopic (exact) mass is 298 g/mol. The summed E-state index contributed by atoms with van der Waals surface area (Å²) in [6.45, 7) is 13.3. The van der Waals surface area contributed by atoms with E-state index in [-0.39, 0.29) is 12.0 Å². The summed E-state index contributed by atoms with van der Waals surface area (Å²) in [5.41, 5.74) is -0.859. The summed E-state index contributed by atoms with van der Waals surface area (Å²) in [7, 11) is 0. The Morgan fingerprint density at radius 1 is 1.19 bits per heavy atom. The van der Waals surface area contributed by atoms with Crippen LogP contribution >= 0.6 is 0 Å². The molecule has 21 heavy (non-hydrogen) atoms. The zero-order valence-electron chi connectivity index (χ0n) is 14.6. The summed E-state index contributed by atoms with van der Waals surface area (Å²) in [6.07, 6.45) is 4.59. The summed E-state index contributed by atoms with van der Waals surface area (Å²) < 4.78 is 12.6. The van der Waals surface area contributed by atoms with Gasteiger partial charge in [0.1, 0.15) is 0 Å². The van der Waals surface area contributed by atoms with Crippen LogP contribution in [0.4, 0.5) is 0 Å². The summed E-state index contributed by atoms with van der Waals surface area (Å²) in [5.74, 6) is -0.523. The van der Waals surface area contributed by atoms with Crippen LogP contribution in [0, 0.1) is 5.92 Å². The molecule has 2 heterocycles. The first kappa shape index (κ1) is 17.2. The molecule has 4 heteroatoms. The van der Waals surface area contributed by atoms with E-state index < -0.39 is 16.9 Å². The van der Waals surface area contributed by atoms with Crippen molar-refractivity contribution in [1.29, 1.82) is 0 Å². The topological polar surface area (TPSA) is 41.6 Å². The summed E-state index contributed by atoms with van der Waals surface area (Å²) in [6, 6.07) is 0. The fourth-order valence-electron chi connectivity index (χ4n) is 4.11. The predicted octanol–water partition coefficient (Wildman–Crippen LogP) is 3.92. The molecule has 2 saturated heterocycles. The quantitative estimate of drug-likeness (QED) is 0.790.